The minimum absolute atomic E-state index is 0.222. The van der Waals surface area contributed by atoms with Gasteiger partial charge >= 0.3 is 12.0 Å². The Balaban J connectivity index is 1.31. The van der Waals surface area contributed by atoms with Crippen molar-refractivity contribution in [1.82, 2.24) is 19.5 Å². The molecule has 4 aromatic rings. The number of nitrogens with one attached hydrogen (secondary N) is 1. The first-order chi connectivity index (χ1) is 16.1. The van der Waals surface area contributed by atoms with Crippen molar-refractivity contribution in [2.24, 2.45) is 0 Å². The second-order valence-corrected chi connectivity index (χ2v) is 8.57. The molecule has 0 saturated carbocycles. The first-order valence-corrected chi connectivity index (χ1v) is 11.1. The number of benzene rings is 2. The Kier molecular flexibility index (Phi) is 5.43. The van der Waals surface area contributed by atoms with E-state index in [9.17, 15) is 9.59 Å². The minimum Gasteiger partial charge on any atom is -0.497 e. The van der Waals surface area contributed by atoms with Gasteiger partial charge in [-0.15, -0.1) is 5.10 Å². The van der Waals surface area contributed by atoms with Crippen LogP contribution in [0.4, 0.5) is 10.5 Å². The van der Waals surface area contributed by atoms with Crippen LogP contribution in [0.25, 0.3) is 16.3 Å². The molecule has 1 aliphatic heterocycles. The van der Waals surface area contributed by atoms with Crippen LogP contribution in [-0.2, 0) is 17.7 Å². The number of fused-ring (bicyclic) bond motifs is 3. The Labute approximate surface area is 193 Å². The number of carbonyl (C=O) groups excluding carboxylic acids is 2. The van der Waals surface area contributed by atoms with Crippen molar-refractivity contribution in [2.45, 2.75) is 13.0 Å². The predicted molar refractivity (Wildman–Crippen MR) is 124 cm³/mol. The van der Waals surface area contributed by atoms with Crippen LogP contribution in [0.1, 0.15) is 20.9 Å². The summed E-state index contributed by atoms with van der Waals surface area (Å²) in [6.07, 6.45) is 0.677. The van der Waals surface area contributed by atoms with Gasteiger partial charge in [-0.25, -0.2) is 14.1 Å². The summed E-state index contributed by atoms with van der Waals surface area (Å²) in [5.74, 6) is 1.00. The van der Waals surface area contributed by atoms with Crippen LogP contribution in [0, 0.1) is 0 Å². The fourth-order valence-corrected chi connectivity index (χ4v) is 4.89. The molecule has 33 heavy (non-hydrogen) atoms. The highest BCUT2D eigenvalue weighted by atomic mass is 32.1. The lowest BCUT2D eigenvalue weighted by atomic mass is 10.2. The van der Waals surface area contributed by atoms with Gasteiger partial charge in [-0.1, -0.05) is 17.4 Å². The van der Waals surface area contributed by atoms with Gasteiger partial charge in [0.2, 0.25) is 4.96 Å². The maximum Gasteiger partial charge on any atom is 0.337 e. The first kappa shape index (κ1) is 21.0. The number of ether oxygens (including phenoxy) is 2. The number of urea groups is 1. The number of nitrogens with zero attached hydrogens (tertiary/aromatic N) is 4. The highest BCUT2D eigenvalue weighted by molar-refractivity contribution is 7.17. The summed E-state index contributed by atoms with van der Waals surface area (Å²) in [7, 11) is 2.96. The summed E-state index contributed by atoms with van der Waals surface area (Å²) in [5, 5.41) is 7.56. The number of thiazole rings is 1. The van der Waals surface area contributed by atoms with Crippen molar-refractivity contribution in [1.29, 1.82) is 0 Å². The van der Waals surface area contributed by atoms with Crippen LogP contribution >= 0.6 is 11.3 Å². The van der Waals surface area contributed by atoms with Gasteiger partial charge in [-0.2, -0.15) is 4.98 Å². The smallest absolute Gasteiger partial charge is 0.337 e. The van der Waals surface area contributed by atoms with Gasteiger partial charge in [0.1, 0.15) is 5.75 Å². The molecular weight excluding hydrogens is 442 g/mol. The molecule has 2 amide bonds. The van der Waals surface area contributed by atoms with Gasteiger partial charge < -0.3 is 19.7 Å². The van der Waals surface area contributed by atoms with Crippen LogP contribution in [0.15, 0.2) is 48.5 Å². The Hall–Kier alpha value is -3.92. The number of methoxy groups -OCH3 is 2. The van der Waals surface area contributed by atoms with Crippen molar-refractivity contribution in [3.05, 3.63) is 64.7 Å². The fraction of sp³-hybridized carbons (Fsp3) is 0.217. The summed E-state index contributed by atoms with van der Waals surface area (Å²) in [6, 6.07) is 14.1. The van der Waals surface area contributed by atoms with Gasteiger partial charge in [0, 0.05) is 29.1 Å². The zero-order chi connectivity index (χ0) is 22.9. The zero-order valence-corrected chi connectivity index (χ0v) is 18.9. The van der Waals surface area contributed by atoms with E-state index in [1.54, 1.807) is 47.6 Å². The fourth-order valence-electron chi connectivity index (χ4n) is 3.77. The molecule has 0 spiro atoms. The molecule has 0 fully saturated rings. The Bertz CT molecular complexity index is 1340. The maximum atomic E-state index is 12.8. The third-order valence-electron chi connectivity index (χ3n) is 5.49. The van der Waals surface area contributed by atoms with E-state index in [2.05, 4.69) is 10.3 Å². The lowest BCUT2D eigenvalue weighted by Crippen LogP contribution is -2.38. The molecule has 2 aromatic carbocycles. The number of hydrogen-bond acceptors (Lipinski definition) is 7. The molecule has 0 radical (unpaired) electrons. The highest BCUT2D eigenvalue weighted by Crippen LogP contribution is 2.30. The standard InChI is InChI=1S/C23H21N5O4S/c1-31-17-8-6-14(7-9-17)20-25-23-28(26-20)18-10-11-27(13-19(18)33-23)22(30)24-16-5-3-4-15(12-16)21(29)32-2/h3-9,12H,10-11,13H2,1-2H3,(H,24,30). The summed E-state index contributed by atoms with van der Waals surface area (Å²) in [4.78, 5) is 32.9. The molecule has 1 aliphatic rings. The number of aromatic nitrogens is 3. The third kappa shape index (κ3) is 4.00. The lowest BCUT2D eigenvalue weighted by molar-refractivity contribution is 0.0600. The van der Waals surface area contributed by atoms with E-state index in [1.807, 2.05) is 28.8 Å². The molecule has 9 nitrogen and oxygen atoms in total. The number of carbonyl (C=O) groups is 2. The number of anilines is 1. The lowest BCUT2D eigenvalue weighted by Gasteiger charge is -2.26. The molecule has 0 aliphatic carbocycles. The largest absolute Gasteiger partial charge is 0.497 e. The highest BCUT2D eigenvalue weighted by Gasteiger charge is 2.26. The molecule has 0 bridgehead atoms. The van der Waals surface area contributed by atoms with Crippen LogP contribution in [0.2, 0.25) is 0 Å². The average Bonchev–Trinajstić information content (AvgIpc) is 3.41. The van der Waals surface area contributed by atoms with Crippen molar-refractivity contribution in [3.8, 4) is 17.1 Å². The zero-order valence-electron chi connectivity index (χ0n) is 18.1. The van der Waals surface area contributed by atoms with Gasteiger partial charge in [0.15, 0.2) is 5.82 Å². The third-order valence-corrected chi connectivity index (χ3v) is 6.55. The molecule has 168 valence electrons. The van der Waals surface area contributed by atoms with Gasteiger partial charge in [0.25, 0.3) is 0 Å². The normalized spacial score (nSPS) is 13.0. The van der Waals surface area contributed by atoms with Gasteiger partial charge in [-0.3, -0.25) is 0 Å². The van der Waals surface area contributed by atoms with Crippen LogP contribution < -0.4 is 10.1 Å². The van der Waals surface area contributed by atoms with Crippen molar-refractivity contribution < 1.29 is 19.1 Å². The first-order valence-electron chi connectivity index (χ1n) is 10.3. The van der Waals surface area contributed by atoms with Crippen molar-refractivity contribution in [3.63, 3.8) is 0 Å². The van der Waals surface area contributed by atoms with E-state index >= 15 is 0 Å². The van der Waals surface area contributed by atoms with Crippen LogP contribution in [-0.4, -0.2) is 52.3 Å². The van der Waals surface area contributed by atoms with E-state index in [0.717, 1.165) is 26.8 Å². The number of amides is 2. The summed E-state index contributed by atoms with van der Waals surface area (Å²) in [6.45, 7) is 1.03. The van der Waals surface area contributed by atoms with Crippen LogP contribution in [0.5, 0.6) is 5.75 Å². The molecule has 0 unspecified atom stereocenters. The molecule has 2 aromatic heterocycles. The number of esters is 1. The van der Waals surface area contributed by atoms with Gasteiger partial charge in [0.05, 0.1) is 32.0 Å². The van der Waals surface area contributed by atoms with Crippen molar-refractivity contribution in [2.75, 3.05) is 26.1 Å². The van der Waals surface area contributed by atoms with E-state index in [-0.39, 0.29) is 6.03 Å². The Morgan fingerprint density at radius 2 is 1.94 bits per heavy atom. The summed E-state index contributed by atoms with van der Waals surface area (Å²) >= 11 is 1.54. The van der Waals surface area contributed by atoms with E-state index < -0.39 is 5.97 Å². The molecule has 10 heteroatoms. The number of hydrogen-bond donors (Lipinski definition) is 1. The molecule has 5 rings (SSSR count). The minimum atomic E-state index is -0.447. The van der Waals surface area contributed by atoms with Gasteiger partial charge in [-0.05, 0) is 42.5 Å². The predicted octanol–water partition coefficient (Wildman–Crippen LogP) is 3.84. The molecule has 1 N–H and O–H groups in total. The van der Waals surface area contributed by atoms with Crippen molar-refractivity contribution >= 4 is 34.0 Å². The summed E-state index contributed by atoms with van der Waals surface area (Å²) in [5.41, 5.74) is 2.93. The molecule has 0 saturated heterocycles. The van der Waals surface area contributed by atoms with E-state index in [1.165, 1.54) is 7.11 Å². The SMILES string of the molecule is COC(=O)c1cccc(NC(=O)N2CCc3c(sc4nc(-c5ccc(OC)cc5)nn34)C2)c1. The topological polar surface area (TPSA) is 98.1 Å². The summed E-state index contributed by atoms with van der Waals surface area (Å²) < 4.78 is 11.8. The second kappa shape index (κ2) is 8.55. The molecular formula is C23H21N5O4S. The molecule has 3 heterocycles. The average molecular weight is 464 g/mol. The monoisotopic (exact) mass is 463 g/mol. The van der Waals surface area contributed by atoms with E-state index in [4.69, 9.17) is 14.6 Å². The second-order valence-electron chi connectivity index (χ2n) is 7.50. The quantitative estimate of drug-likeness (QED) is 0.462. The maximum absolute atomic E-state index is 12.8. The molecule has 0 atom stereocenters. The number of rotatable bonds is 4. The van der Waals surface area contributed by atoms with E-state index in [0.29, 0.717) is 36.6 Å². The Morgan fingerprint density at radius 1 is 1.12 bits per heavy atom. The van der Waals surface area contributed by atoms with Crippen LogP contribution in [0.3, 0.4) is 0 Å². The Morgan fingerprint density at radius 3 is 2.70 bits per heavy atom.